The Morgan fingerprint density at radius 1 is 0.476 bits per heavy atom. The molecule has 0 aliphatic carbocycles. The van der Waals surface area contributed by atoms with Crippen molar-refractivity contribution in [3.05, 3.63) is 160 Å². The van der Waals surface area contributed by atoms with Crippen LogP contribution in [0.5, 0.6) is 0 Å². The fourth-order valence-corrected chi connectivity index (χ4v) is 14.1. The summed E-state index contributed by atoms with van der Waals surface area (Å²) in [5.41, 5.74) is 9.28. The highest BCUT2D eigenvalue weighted by atomic mass is 32.2. The standard InChI is InChI=1S/C25H29F2N7O2.C20H21F2N7.C20H28N6O4S.C6H5F2N/c1-14-8-15(2)34(31-14)22-11-21(29-23(30-22)28-20-7-6-16(26)9-19(20)27)32-12-18-10-17(32)13-33(18)24(35)36-25(3,4)5;1-11-5-12(2)29(27-11)19-8-18(28-10-14-7-15(28)9-23-14)25-20(26-19)24-17-4-3-13(21)6-16(17)22;1-12-7-13(2)26(23-12)17-9-16(21-18(22-17)31(6,28)29)24-10-15-8-14(24)11-25(15)19(27)30-20(3,4)5;7-4-1-2-6(9)5(8)3-4/h6-9,11,17-18H,10,12-13H2,1-5H3,(H,28,29,30);3-6,8,14-15,23H,7,9-10H2,1-2H3,(H,24,25,26);7,9,14-15H,8,10-11H2,1-6H3;1-3H,9H2/t17-,18-;2*14-,15-;/m111./s1. The lowest BCUT2D eigenvalue weighted by Gasteiger charge is -2.35. The van der Waals surface area contributed by atoms with Gasteiger partial charge in [-0.1, -0.05) is 0 Å². The van der Waals surface area contributed by atoms with Crippen molar-refractivity contribution in [3.63, 3.8) is 0 Å². The first-order chi connectivity index (χ1) is 49.4. The number of sulfone groups is 1. The Morgan fingerprint density at radius 3 is 1.17 bits per heavy atom. The summed E-state index contributed by atoms with van der Waals surface area (Å²) in [6, 6.07) is 21.9. The highest BCUT2D eigenvalue weighted by molar-refractivity contribution is 7.90. The summed E-state index contributed by atoms with van der Waals surface area (Å²) < 4.78 is 120. The van der Waals surface area contributed by atoms with E-state index < -0.39 is 55.9 Å². The molecule has 2 amide bonds. The van der Waals surface area contributed by atoms with Crippen molar-refractivity contribution in [1.82, 2.24) is 74.4 Å². The molecule has 0 saturated carbocycles. The van der Waals surface area contributed by atoms with Crippen molar-refractivity contribution >= 4 is 68.4 Å². The van der Waals surface area contributed by atoms with Crippen LogP contribution in [0.1, 0.15) is 95.0 Å². The van der Waals surface area contributed by atoms with E-state index in [0.29, 0.717) is 67.4 Å². The molecule has 6 fully saturated rings. The van der Waals surface area contributed by atoms with E-state index in [1.807, 2.05) is 113 Å². The molecule has 9 aromatic rings. The predicted octanol–water partition coefficient (Wildman–Crippen LogP) is 10.8. The number of nitrogens with two attached hydrogens (primary N) is 1. The highest BCUT2D eigenvalue weighted by Gasteiger charge is 2.49. The van der Waals surface area contributed by atoms with Gasteiger partial charge in [0.2, 0.25) is 21.7 Å². The molecule has 3 aromatic carbocycles. The number of nitrogens with one attached hydrogen (secondary N) is 3. The van der Waals surface area contributed by atoms with Gasteiger partial charge in [0.05, 0.1) is 58.3 Å². The van der Waals surface area contributed by atoms with Gasteiger partial charge in [-0.15, -0.1) is 0 Å². The number of rotatable bonds is 11. The fourth-order valence-electron chi connectivity index (χ4n) is 13.6. The van der Waals surface area contributed by atoms with Crippen LogP contribution in [0.15, 0.2) is 96.2 Å². The largest absolute Gasteiger partial charge is 0.444 e. The molecule has 105 heavy (non-hydrogen) atoms. The molecule has 6 atom stereocenters. The quantitative estimate of drug-likeness (QED) is 0.0531. The molecule has 6 aromatic heterocycles. The molecule has 12 heterocycles. The number of ether oxygens (including phenoxy) is 2. The number of halogens is 6. The molecule has 0 unspecified atom stereocenters. The van der Waals surface area contributed by atoms with Crippen molar-refractivity contribution in [2.24, 2.45) is 0 Å². The van der Waals surface area contributed by atoms with Crippen LogP contribution in [-0.2, 0) is 19.3 Å². The molecule has 27 nitrogen and oxygen atoms in total. The average molecular weight is 1470 g/mol. The maximum atomic E-state index is 14.4. The third kappa shape index (κ3) is 17.1. The normalized spacial score (nSPS) is 19.3. The molecular weight excluding hydrogens is 1390 g/mol. The molecule has 6 bridgehead atoms. The van der Waals surface area contributed by atoms with Gasteiger partial charge in [-0.3, -0.25) is 0 Å². The second-order valence-corrected chi connectivity index (χ2v) is 30.8. The van der Waals surface area contributed by atoms with Gasteiger partial charge in [0.15, 0.2) is 17.5 Å². The van der Waals surface area contributed by atoms with E-state index >= 15 is 0 Å². The maximum absolute atomic E-state index is 14.4. The number of amides is 2. The molecule has 34 heteroatoms. The van der Waals surface area contributed by atoms with E-state index in [4.69, 9.17) is 15.2 Å². The van der Waals surface area contributed by atoms with Crippen LogP contribution < -0.4 is 36.4 Å². The first kappa shape index (κ1) is 74.1. The Balaban J connectivity index is 0.000000140. The SMILES string of the molecule is Cc1cc(C)n(-c2cc(N3C[C@H]4C[C@@H]3CN4)nc(Nc3ccc(F)cc3F)n2)n1.Cc1cc(C)n(-c2cc(N3C[C@H]4C[C@@H]3CN4C(=O)OC(C)(C)C)nc(Nc3ccc(F)cc3F)n2)n1.Cc1cc(C)n(-c2cc(N3C[C@H]4C[C@@H]3CN4C(=O)OC(C)(C)C)nc(S(C)(=O)=O)n2)n1.Nc1ccc(F)cc1F. The first-order valence-electron chi connectivity index (χ1n) is 34.1. The number of aromatic nitrogens is 12. The summed E-state index contributed by atoms with van der Waals surface area (Å²) in [5, 5.41) is 22.5. The van der Waals surface area contributed by atoms with Crippen LogP contribution in [0.25, 0.3) is 17.5 Å². The second kappa shape index (κ2) is 29.1. The van der Waals surface area contributed by atoms with Gasteiger partial charge < -0.3 is 55.7 Å². The zero-order valence-corrected chi connectivity index (χ0v) is 61.1. The highest BCUT2D eigenvalue weighted by Crippen LogP contribution is 2.39. The molecule has 5 N–H and O–H groups in total. The molecule has 6 aliphatic rings. The van der Waals surface area contributed by atoms with Crippen LogP contribution in [0.2, 0.25) is 0 Å². The number of hydrogen-bond donors (Lipinski definition) is 4. The summed E-state index contributed by atoms with van der Waals surface area (Å²) in [5.74, 6) is -0.224. The fraction of sp³-hybridized carbons (Fsp3) is 0.423. The van der Waals surface area contributed by atoms with Gasteiger partial charge in [0, 0.05) is 111 Å². The average Bonchev–Trinajstić information content (AvgIpc) is 1.63. The summed E-state index contributed by atoms with van der Waals surface area (Å²) in [7, 11) is -3.62. The maximum Gasteiger partial charge on any atom is 0.410 e. The number of fused-ring (bicyclic) bond motifs is 6. The number of benzene rings is 3. The van der Waals surface area contributed by atoms with Gasteiger partial charge in [-0.2, -0.15) is 40.2 Å². The molecular formula is C71H83F6N21O6S. The van der Waals surface area contributed by atoms with Crippen molar-refractivity contribution < 1.29 is 53.8 Å². The van der Waals surface area contributed by atoms with Gasteiger partial charge in [-0.25, -0.2) is 63.4 Å². The topological polar surface area (TPSA) is 296 Å². The van der Waals surface area contributed by atoms with Crippen LogP contribution >= 0.6 is 0 Å². The number of hydrogen-bond acceptors (Lipinski definition) is 22. The molecule has 0 radical (unpaired) electrons. The Hall–Kier alpha value is -10.6. The number of anilines is 8. The van der Waals surface area contributed by atoms with Gasteiger partial charge in [-0.05, 0) is 157 Å². The Bertz CT molecular complexity index is 4890. The lowest BCUT2D eigenvalue weighted by Crippen LogP contribution is -2.50. The summed E-state index contributed by atoms with van der Waals surface area (Å²) in [6.45, 7) is 26.5. The van der Waals surface area contributed by atoms with E-state index in [2.05, 4.69) is 75.9 Å². The van der Waals surface area contributed by atoms with Crippen molar-refractivity contribution in [2.75, 3.05) is 76.6 Å². The Morgan fingerprint density at radius 2 is 0.848 bits per heavy atom. The number of nitrogens with zero attached hydrogens (tertiary/aromatic N) is 17. The zero-order valence-electron chi connectivity index (χ0n) is 60.3. The van der Waals surface area contributed by atoms with Gasteiger partial charge in [0.1, 0.15) is 63.6 Å². The van der Waals surface area contributed by atoms with Crippen molar-refractivity contribution in [3.8, 4) is 17.5 Å². The van der Waals surface area contributed by atoms with E-state index in [0.717, 1.165) is 103 Å². The van der Waals surface area contributed by atoms with Crippen LogP contribution in [0.4, 0.5) is 82.3 Å². The number of carbonyl (C=O) groups is 2. The lowest BCUT2D eigenvalue weighted by molar-refractivity contribution is 0.0203. The predicted molar refractivity (Wildman–Crippen MR) is 382 cm³/mol. The molecule has 6 saturated heterocycles. The third-order valence-corrected chi connectivity index (χ3v) is 18.9. The first-order valence-corrected chi connectivity index (χ1v) is 36.0. The van der Waals surface area contributed by atoms with E-state index in [9.17, 15) is 44.3 Å². The zero-order chi connectivity index (χ0) is 75.5. The monoisotopic (exact) mass is 1470 g/mol. The van der Waals surface area contributed by atoms with Crippen molar-refractivity contribution in [1.29, 1.82) is 0 Å². The summed E-state index contributed by atoms with van der Waals surface area (Å²) >= 11 is 0. The number of nitrogen functional groups attached to an aromatic ring is 1. The third-order valence-electron chi connectivity index (χ3n) is 18.1. The minimum atomic E-state index is -3.62. The smallest absolute Gasteiger partial charge is 0.410 e. The summed E-state index contributed by atoms with van der Waals surface area (Å²) in [4.78, 5) is 62.2. The number of piperazine rings is 3. The lowest BCUT2D eigenvalue weighted by atomic mass is 10.2. The minimum absolute atomic E-state index is 0.00269. The Kier molecular flexibility index (Phi) is 20.6. The van der Waals surface area contributed by atoms with Gasteiger partial charge in [0.25, 0.3) is 5.16 Å². The van der Waals surface area contributed by atoms with Crippen molar-refractivity contribution in [2.45, 2.75) is 155 Å². The molecule has 6 aliphatic heterocycles. The molecule has 15 rings (SSSR count). The van der Waals surface area contributed by atoms with Crippen LogP contribution in [0, 0.1) is 76.4 Å². The number of likely N-dealkylation sites (tertiary alicyclic amines) is 2. The van der Waals surface area contributed by atoms with Crippen LogP contribution in [-0.4, -0.2) is 183 Å². The molecule has 0 spiro atoms. The molecule has 556 valence electrons. The Labute approximate surface area is 603 Å². The summed E-state index contributed by atoms with van der Waals surface area (Å²) in [6.07, 6.45) is 3.13. The second-order valence-electron chi connectivity index (χ2n) is 28.9. The van der Waals surface area contributed by atoms with E-state index in [1.165, 1.54) is 30.3 Å². The van der Waals surface area contributed by atoms with Gasteiger partial charge >= 0.3 is 12.2 Å². The number of aryl methyl sites for hydroxylation is 6. The van der Waals surface area contributed by atoms with E-state index in [-0.39, 0.29) is 70.5 Å². The van der Waals surface area contributed by atoms with Crippen LogP contribution in [0.3, 0.4) is 0 Å². The number of carbonyl (C=O) groups excluding carboxylic acids is 2. The minimum Gasteiger partial charge on any atom is -0.444 e. The van der Waals surface area contributed by atoms with E-state index in [1.54, 1.807) is 29.9 Å².